The number of hydrogen-bond acceptors (Lipinski definition) is 4. The molecule has 17 heavy (non-hydrogen) atoms. The molecular weight excluding hydrogens is 220 g/mol. The number of nitrogens with two attached hydrogens (primary N) is 1. The Labute approximate surface area is 99.9 Å². The van der Waals surface area contributed by atoms with Gasteiger partial charge >= 0.3 is 0 Å². The summed E-state index contributed by atoms with van der Waals surface area (Å²) in [6.45, 7) is 3.66. The Balaban J connectivity index is 2.60. The Hall–Kier alpha value is -2.04. The maximum atomic E-state index is 10.8. The van der Waals surface area contributed by atoms with Gasteiger partial charge in [0, 0.05) is 0 Å². The first-order valence-electron chi connectivity index (χ1n) is 5.25. The van der Waals surface area contributed by atoms with Gasteiger partial charge in [0.15, 0.2) is 0 Å². The van der Waals surface area contributed by atoms with E-state index in [1.165, 1.54) is 0 Å². The van der Waals surface area contributed by atoms with Gasteiger partial charge in [0.2, 0.25) is 5.91 Å². The lowest BCUT2D eigenvalue weighted by atomic mass is 10.1. The van der Waals surface area contributed by atoms with Crippen LogP contribution in [0.3, 0.4) is 0 Å². The first-order chi connectivity index (χ1) is 8.04. The molecule has 5 nitrogen and oxygen atoms in total. The summed E-state index contributed by atoms with van der Waals surface area (Å²) in [5.41, 5.74) is 6.46. The van der Waals surface area contributed by atoms with Crippen molar-refractivity contribution in [2.75, 3.05) is 6.61 Å². The fourth-order valence-corrected chi connectivity index (χ4v) is 1.15. The molecule has 0 radical (unpaired) electrons. The van der Waals surface area contributed by atoms with Gasteiger partial charge in [-0.1, -0.05) is 12.1 Å². The van der Waals surface area contributed by atoms with E-state index >= 15 is 0 Å². The Morgan fingerprint density at radius 1 is 1.47 bits per heavy atom. The van der Waals surface area contributed by atoms with Crippen molar-refractivity contribution < 1.29 is 14.7 Å². The third-order valence-corrected chi connectivity index (χ3v) is 2.41. The number of ether oxygens (including phenoxy) is 1. The van der Waals surface area contributed by atoms with E-state index in [0.29, 0.717) is 11.5 Å². The molecule has 0 bridgehead atoms. The van der Waals surface area contributed by atoms with Crippen LogP contribution in [0.15, 0.2) is 29.4 Å². The number of benzene rings is 1. The van der Waals surface area contributed by atoms with E-state index in [-0.39, 0.29) is 18.4 Å². The topological polar surface area (TPSA) is 84.9 Å². The minimum Gasteiger partial charge on any atom is -0.493 e. The van der Waals surface area contributed by atoms with Crippen LogP contribution in [-0.4, -0.2) is 23.4 Å². The third-order valence-electron chi connectivity index (χ3n) is 2.41. The van der Waals surface area contributed by atoms with E-state index in [0.717, 1.165) is 5.56 Å². The summed E-state index contributed by atoms with van der Waals surface area (Å²) in [7, 11) is 0. The molecule has 5 heteroatoms. The average molecular weight is 236 g/mol. The van der Waals surface area contributed by atoms with Crippen molar-refractivity contribution in [1.29, 1.82) is 0 Å². The van der Waals surface area contributed by atoms with Crippen molar-refractivity contribution >= 4 is 11.6 Å². The summed E-state index contributed by atoms with van der Waals surface area (Å²) < 4.78 is 5.39. The number of primary amides is 1. The molecule has 0 aliphatic rings. The van der Waals surface area contributed by atoms with E-state index in [2.05, 4.69) is 5.16 Å². The first kappa shape index (κ1) is 13.0. The summed E-state index contributed by atoms with van der Waals surface area (Å²) in [5.74, 6) is -0.0621. The number of amides is 1. The number of rotatable bonds is 5. The summed E-state index contributed by atoms with van der Waals surface area (Å²) in [4.78, 5) is 10.8. The maximum absolute atomic E-state index is 10.8. The van der Waals surface area contributed by atoms with Crippen molar-refractivity contribution in [3.63, 3.8) is 0 Å². The minimum atomic E-state index is -0.384. The molecule has 0 aromatic heterocycles. The van der Waals surface area contributed by atoms with Gasteiger partial charge in [-0.3, -0.25) is 4.79 Å². The molecule has 0 heterocycles. The van der Waals surface area contributed by atoms with Crippen LogP contribution in [0.1, 0.15) is 19.4 Å². The number of carbonyl (C=O) groups excluding carboxylic acids is 1. The van der Waals surface area contributed by atoms with Gasteiger partial charge in [-0.15, -0.1) is 0 Å². The van der Waals surface area contributed by atoms with Crippen LogP contribution in [0.25, 0.3) is 0 Å². The van der Waals surface area contributed by atoms with Gasteiger partial charge < -0.3 is 15.7 Å². The Morgan fingerprint density at radius 3 is 2.53 bits per heavy atom. The van der Waals surface area contributed by atoms with Crippen LogP contribution in [0.2, 0.25) is 0 Å². The average Bonchev–Trinajstić information content (AvgIpc) is 2.35. The molecule has 0 fully saturated rings. The lowest BCUT2D eigenvalue weighted by Gasteiger charge is -2.10. The van der Waals surface area contributed by atoms with Crippen molar-refractivity contribution in [2.24, 2.45) is 16.8 Å². The summed E-state index contributed by atoms with van der Waals surface area (Å²) >= 11 is 0. The lowest BCUT2D eigenvalue weighted by molar-refractivity contribution is -0.122. The molecule has 92 valence electrons. The van der Waals surface area contributed by atoms with Gasteiger partial charge in [-0.2, -0.15) is 0 Å². The highest BCUT2D eigenvalue weighted by Gasteiger charge is 2.09. The monoisotopic (exact) mass is 236 g/mol. The normalized spacial score (nSPS) is 13.2. The Kier molecular flexibility index (Phi) is 4.51. The van der Waals surface area contributed by atoms with E-state index in [1.807, 2.05) is 0 Å². The molecule has 1 unspecified atom stereocenters. The highest BCUT2D eigenvalue weighted by Crippen LogP contribution is 2.13. The molecule has 1 atom stereocenters. The zero-order valence-corrected chi connectivity index (χ0v) is 9.88. The summed E-state index contributed by atoms with van der Waals surface area (Å²) in [6, 6.07) is 7.05. The Morgan fingerprint density at radius 2 is 2.06 bits per heavy atom. The smallest absolute Gasteiger partial charge is 0.223 e. The molecule has 1 aromatic carbocycles. The van der Waals surface area contributed by atoms with Gasteiger partial charge in [-0.05, 0) is 36.8 Å². The van der Waals surface area contributed by atoms with Crippen LogP contribution in [-0.2, 0) is 4.79 Å². The van der Waals surface area contributed by atoms with E-state index in [1.54, 1.807) is 38.1 Å². The molecule has 0 aliphatic carbocycles. The van der Waals surface area contributed by atoms with Gasteiger partial charge in [0.05, 0.1) is 18.2 Å². The second-order valence-electron chi connectivity index (χ2n) is 3.82. The molecule has 1 aromatic rings. The molecule has 1 amide bonds. The van der Waals surface area contributed by atoms with Crippen LogP contribution in [0.5, 0.6) is 5.75 Å². The number of hydrogen-bond donors (Lipinski definition) is 2. The lowest BCUT2D eigenvalue weighted by Crippen LogP contribution is -2.25. The number of oxime groups is 1. The zero-order valence-electron chi connectivity index (χ0n) is 9.88. The standard InChI is InChI=1S/C12H16N2O3/c1-8(12(13)15)7-17-11-5-3-10(4-6-11)9(2)14-16/h3-6,8,16H,7H2,1-2H3,(H2,13,15)/b14-9+. The third kappa shape index (κ3) is 3.79. The van der Waals surface area contributed by atoms with E-state index < -0.39 is 0 Å². The van der Waals surface area contributed by atoms with Crippen molar-refractivity contribution in [3.05, 3.63) is 29.8 Å². The Bertz CT molecular complexity index is 412. The van der Waals surface area contributed by atoms with Crippen LogP contribution in [0, 0.1) is 5.92 Å². The van der Waals surface area contributed by atoms with Crippen molar-refractivity contribution in [1.82, 2.24) is 0 Å². The largest absolute Gasteiger partial charge is 0.493 e. The SMILES string of the molecule is C/C(=N\O)c1ccc(OCC(C)C(N)=O)cc1. The molecule has 1 rings (SSSR count). The van der Waals surface area contributed by atoms with Crippen LogP contribution < -0.4 is 10.5 Å². The maximum Gasteiger partial charge on any atom is 0.223 e. The van der Waals surface area contributed by atoms with Crippen LogP contribution >= 0.6 is 0 Å². The first-order valence-corrected chi connectivity index (χ1v) is 5.25. The van der Waals surface area contributed by atoms with Gasteiger partial charge in [0.1, 0.15) is 5.75 Å². The van der Waals surface area contributed by atoms with Gasteiger partial charge in [0.25, 0.3) is 0 Å². The minimum absolute atomic E-state index is 0.252. The summed E-state index contributed by atoms with van der Waals surface area (Å²) in [5, 5.41) is 11.7. The quantitative estimate of drug-likeness (QED) is 0.460. The fourth-order valence-electron chi connectivity index (χ4n) is 1.15. The predicted octanol–water partition coefficient (Wildman–Crippen LogP) is 1.38. The summed E-state index contributed by atoms with van der Waals surface area (Å²) in [6.07, 6.45) is 0. The van der Waals surface area contributed by atoms with Crippen molar-refractivity contribution in [2.45, 2.75) is 13.8 Å². The zero-order chi connectivity index (χ0) is 12.8. The highest BCUT2D eigenvalue weighted by atomic mass is 16.5. The number of nitrogens with zero attached hydrogens (tertiary/aromatic N) is 1. The van der Waals surface area contributed by atoms with E-state index in [4.69, 9.17) is 15.7 Å². The molecule has 3 N–H and O–H groups in total. The molecule has 0 aliphatic heterocycles. The van der Waals surface area contributed by atoms with Crippen molar-refractivity contribution in [3.8, 4) is 5.75 Å². The van der Waals surface area contributed by atoms with Gasteiger partial charge in [-0.25, -0.2) is 0 Å². The van der Waals surface area contributed by atoms with Crippen LogP contribution in [0.4, 0.5) is 0 Å². The second kappa shape index (κ2) is 5.89. The molecule has 0 saturated heterocycles. The predicted molar refractivity (Wildman–Crippen MR) is 64.3 cm³/mol. The second-order valence-corrected chi connectivity index (χ2v) is 3.82. The van der Waals surface area contributed by atoms with E-state index in [9.17, 15) is 4.79 Å². The number of carbonyl (C=O) groups is 1. The molecule has 0 saturated carbocycles. The molecule has 0 spiro atoms. The molecular formula is C12H16N2O3. The fraction of sp³-hybridized carbons (Fsp3) is 0.333. The highest BCUT2D eigenvalue weighted by molar-refractivity contribution is 5.98.